The molecule has 20 heavy (non-hydrogen) atoms. The van der Waals surface area contributed by atoms with Crippen molar-refractivity contribution in [3.8, 4) is 0 Å². The molecule has 0 rings (SSSR count). The third-order valence-electron chi connectivity index (χ3n) is 3.20. The molecule has 2 unspecified atom stereocenters. The molecule has 0 heterocycles. The van der Waals surface area contributed by atoms with Gasteiger partial charge in [-0.25, -0.2) is 9.59 Å². The minimum atomic E-state index is -0.996. The third kappa shape index (κ3) is 6.75. The minimum Gasteiger partial charge on any atom is -0.480 e. The largest absolute Gasteiger partial charge is 0.480 e. The predicted octanol–water partition coefficient (Wildman–Crippen LogP) is 1.80. The third-order valence-corrected chi connectivity index (χ3v) is 3.20. The van der Waals surface area contributed by atoms with Crippen molar-refractivity contribution >= 4 is 12.0 Å². The molecule has 0 saturated carbocycles. The zero-order valence-electron chi connectivity index (χ0n) is 13.2. The Labute approximate surface area is 121 Å². The highest BCUT2D eigenvalue weighted by molar-refractivity contribution is 5.82. The van der Waals surface area contributed by atoms with Crippen LogP contribution in [0.2, 0.25) is 0 Å². The van der Waals surface area contributed by atoms with Gasteiger partial charge in [-0.1, -0.05) is 34.1 Å². The molecule has 0 aromatic carbocycles. The summed E-state index contributed by atoms with van der Waals surface area (Å²) in [5.41, 5.74) is 0. The Bertz CT molecular complexity index is 308. The van der Waals surface area contributed by atoms with Gasteiger partial charge in [0.25, 0.3) is 0 Å². The highest BCUT2D eigenvalue weighted by atomic mass is 16.5. The van der Waals surface area contributed by atoms with Gasteiger partial charge in [0.1, 0.15) is 6.04 Å². The Morgan fingerprint density at radius 2 is 1.90 bits per heavy atom. The maximum absolute atomic E-state index is 12.2. The van der Waals surface area contributed by atoms with Crippen LogP contribution in [0.3, 0.4) is 0 Å². The average Bonchev–Trinajstić information content (AvgIpc) is 2.38. The molecule has 0 aliphatic heterocycles. The number of carboxylic acid groups (broad SMARTS) is 1. The number of amides is 2. The number of nitrogens with zero attached hydrogens (tertiary/aromatic N) is 1. The van der Waals surface area contributed by atoms with Crippen LogP contribution < -0.4 is 5.32 Å². The van der Waals surface area contributed by atoms with E-state index in [-0.39, 0.29) is 11.9 Å². The molecule has 6 heteroatoms. The van der Waals surface area contributed by atoms with E-state index in [9.17, 15) is 14.7 Å². The summed E-state index contributed by atoms with van der Waals surface area (Å²) in [6.45, 7) is 9.20. The normalized spacial score (nSPS) is 13.9. The van der Waals surface area contributed by atoms with E-state index < -0.39 is 12.0 Å². The van der Waals surface area contributed by atoms with E-state index in [1.165, 1.54) is 0 Å². The lowest BCUT2D eigenvalue weighted by Gasteiger charge is -2.28. The number of methoxy groups -OCH3 is 1. The molecule has 2 N–H and O–H groups in total. The fourth-order valence-electron chi connectivity index (χ4n) is 1.83. The fourth-order valence-corrected chi connectivity index (χ4v) is 1.83. The van der Waals surface area contributed by atoms with Crippen molar-refractivity contribution < 1.29 is 19.4 Å². The molecule has 0 aliphatic carbocycles. The highest BCUT2D eigenvalue weighted by Gasteiger charge is 2.27. The first-order valence-electron chi connectivity index (χ1n) is 7.10. The van der Waals surface area contributed by atoms with E-state index in [0.29, 0.717) is 32.0 Å². The minimum absolute atomic E-state index is 0.111. The van der Waals surface area contributed by atoms with Crippen LogP contribution in [-0.2, 0) is 9.53 Å². The lowest BCUT2D eigenvalue weighted by molar-refractivity contribution is -0.140. The number of carbonyl (C=O) groups is 2. The second-order valence-electron chi connectivity index (χ2n) is 5.48. The van der Waals surface area contributed by atoms with E-state index in [1.807, 2.05) is 27.7 Å². The Hall–Kier alpha value is -1.30. The number of hydrogen-bond donors (Lipinski definition) is 2. The second kappa shape index (κ2) is 9.58. The molecule has 0 saturated heterocycles. The first kappa shape index (κ1) is 18.7. The van der Waals surface area contributed by atoms with E-state index in [2.05, 4.69) is 5.32 Å². The van der Waals surface area contributed by atoms with Crippen LogP contribution in [0, 0.1) is 11.8 Å². The van der Waals surface area contributed by atoms with Gasteiger partial charge in [-0.3, -0.25) is 0 Å². The Balaban J connectivity index is 4.73. The maximum Gasteiger partial charge on any atom is 0.326 e. The summed E-state index contributed by atoms with van der Waals surface area (Å²) >= 11 is 0. The summed E-state index contributed by atoms with van der Waals surface area (Å²) in [5, 5.41) is 11.8. The summed E-state index contributed by atoms with van der Waals surface area (Å²) in [6, 6.07) is -1.20. The van der Waals surface area contributed by atoms with Gasteiger partial charge in [0.15, 0.2) is 0 Å². The van der Waals surface area contributed by atoms with Crippen molar-refractivity contribution in [3.63, 3.8) is 0 Å². The fraction of sp³-hybridized carbons (Fsp3) is 0.857. The lowest BCUT2D eigenvalue weighted by Crippen LogP contribution is -2.51. The van der Waals surface area contributed by atoms with Gasteiger partial charge in [-0.05, 0) is 11.8 Å². The quantitative estimate of drug-likeness (QED) is 0.678. The number of ether oxygens (including phenoxy) is 1. The summed E-state index contributed by atoms with van der Waals surface area (Å²) in [4.78, 5) is 25.1. The van der Waals surface area contributed by atoms with Gasteiger partial charge in [0, 0.05) is 20.2 Å². The van der Waals surface area contributed by atoms with Gasteiger partial charge >= 0.3 is 12.0 Å². The monoisotopic (exact) mass is 288 g/mol. The van der Waals surface area contributed by atoms with Crippen molar-refractivity contribution in [2.75, 3.05) is 26.8 Å². The van der Waals surface area contributed by atoms with Gasteiger partial charge in [0.05, 0.1) is 6.61 Å². The van der Waals surface area contributed by atoms with Crippen LogP contribution in [0.25, 0.3) is 0 Å². The number of carbonyl (C=O) groups excluding carboxylic acids is 1. The smallest absolute Gasteiger partial charge is 0.326 e. The lowest BCUT2D eigenvalue weighted by atomic mass is 9.99. The number of hydrogen-bond acceptors (Lipinski definition) is 3. The SMILES string of the molecule is CCC(C)C(NC(=O)N(CCOC)CC(C)C)C(=O)O. The number of aliphatic carboxylic acids is 1. The van der Waals surface area contributed by atoms with Crippen LogP contribution >= 0.6 is 0 Å². The molecule has 0 fully saturated rings. The van der Waals surface area contributed by atoms with Crippen LogP contribution in [0.5, 0.6) is 0 Å². The van der Waals surface area contributed by atoms with Crippen LogP contribution in [0.1, 0.15) is 34.1 Å². The molecule has 0 spiro atoms. The molecule has 0 aromatic heterocycles. The molecule has 6 nitrogen and oxygen atoms in total. The topological polar surface area (TPSA) is 78.9 Å². The predicted molar refractivity (Wildman–Crippen MR) is 77.7 cm³/mol. The number of nitrogens with one attached hydrogen (secondary N) is 1. The molecule has 0 aromatic rings. The molecule has 0 bridgehead atoms. The maximum atomic E-state index is 12.2. The molecule has 0 radical (unpaired) electrons. The van der Waals surface area contributed by atoms with E-state index in [1.54, 1.807) is 12.0 Å². The van der Waals surface area contributed by atoms with Gasteiger partial charge in [-0.15, -0.1) is 0 Å². The van der Waals surface area contributed by atoms with Crippen molar-refractivity contribution in [1.82, 2.24) is 10.2 Å². The number of urea groups is 1. The zero-order chi connectivity index (χ0) is 15.7. The zero-order valence-corrected chi connectivity index (χ0v) is 13.2. The van der Waals surface area contributed by atoms with E-state index in [4.69, 9.17) is 4.74 Å². The molecular weight excluding hydrogens is 260 g/mol. The summed E-state index contributed by atoms with van der Waals surface area (Å²) in [5.74, 6) is -0.798. The second-order valence-corrected chi connectivity index (χ2v) is 5.48. The highest BCUT2D eigenvalue weighted by Crippen LogP contribution is 2.09. The molecule has 2 amide bonds. The van der Waals surface area contributed by atoms with Crippen LogP contribution in [0.15, 0.2) is 0 Å². The van der Waals surface area contributed by atoms with Crippen LogP contribution in [0.4, 0.5) is 4.79 Å². The number of carboxylic acids is 1. The van der Waals surface area contributed by atoms with Crippen molar-refractivity contribution in [3.05, 3.63) is 0 Å². The van der Waals surface area contributed by atoms with Gasteiger partial charge in [-0.2, -0.15) is 0 Å². The summed E-state index contributed by atoms with van der Waals surface area (Å²) in [7, 11) is 1.57. The summed E-state index contributed by atoms with van der Waals surface area (Å²) < 4.78 is 4.99. The van der Waals surface area contributed by atoms with Crippen molar-refractivity contribution in [1.29, 1.82) is 0 Å². The van der Waals surface area contributed by atoms with Gasteiger partial charge < -0.3 is 20.1 Å². The van der Waals surface area contributed by atoms with Crippen molar-refractivity contribution in [2.45, 2.75) is 40.2 Å². The molecule has 0 aliphatic rings. The standard InChI is InChI=1S/C14H28N2O4/c1-6-11(4)12(13(17)18)15-14(19)16(7-8-20-5)9-10(2)3/h10-12H,6-9H2,1-5H3,(H,15,19)(H,17,18). The van der Waals surface area contributed by atoms with Crippen molar-refractivity contribution in [2.24, 2.45) is 11.8 Å². The molecular formula is C14H28N2O4. The van der Waals surface area contributed by atoms with Gasteiger partial charge in [0.2, 0.25) is 0 Å². The number of rotatable bonds is 9. The summed E-state index contributed by atoms with van der Waals surface area (Å²) in [6.07, 6.45) is 0.694. The molecule has 118 valence electrons. The van der Waals surface area contributed by atoms with E-state index >= 15 is 0 Å². The van der Waals surface area contributed by atoms with Crippen LogP contribution in [-0.4, -0.2) is 54.9 Å². The Kier molecular flexibility index (Phi) is 8.96. The van der Waals surface area contributed by atoms with E-state index in [0.717, 1.165) is 0 Å². The first-order chi connectivity index (χ1) is 9.33. The molecule has 2 atom stereocenters. The first-order valence-corrected chi connectivity index (χ1v) is 7.10. The average molecular weight is 288 g/mol. The Morgan fingerprint density at radius 3 is 2.30 bits per heavy atom. The Morgan fingerprint density at radius 1 is 1.30 bits per heavy atom.